The molecule has 0 unspecified atom stereocenters. The summed E-state index contributed by atoms with van der Waals surface area (Å²) in [6, 6.07) is 0. The van der Waals surface area contributed by atoms with E-state index in [1.807, 2.05) is 4.90 Å². The van der Waals surface area contributed by atoms with E-state index in [1.54, 1.807) is 0 Å². The molecule has 1 saturated heterocycles. The lowest BCUT2D eigenvalue weighted by atomic mass is 9.94. The van der Waals surface area contributed by atoms with Crippen LogP contribution in [-0.4, -0.2) is 47.3 Å². The van der Waals surface area contributed by atoms with E-state index in [9.17, 15) is 9.90 Å². The first-order valence-electron chi connectivity index (χ1n) is 6.71. The molecule has 6 nitrogen and oxygen atoms in total. The zero-order valence-corrected chi connectivity index (χ0v) is 10.8. The number of aromatic nitrogens is 2. The van der Waals surface area contributed by atoms with Gasteiger partial charge in [0.15, 0.2) is 5.69 Å². The zero-order valence-electron chi connectivity index (χ0n) is 10.8. The summed E-state index contributed by atoms with van der Waals surface area (Å²) in [6.07, 6.45) is 3.73. The van der Waals surface area contributed by atoms with Gasteiger partial charge in [0.05, 0.1) is 18.9 Å². The topological polar surface area (TPSA) is 75.5 Å². The highest BCUT2D eigenvalue weighted by molar-refractivity contribution is 5.87. The smallest absolute Gasteiger partial charge is 0.354 e. The number of carbonyl (C=O) groups is 1. The lowest BCUT2D eigenvalue weighted by Crippen LogP contribution is -2.38. The van der Waals surface area contributed by atoms with Gasteiger partial charge in [-0.3, -0.25) is 0 Å². The molecule has 102 valence electrons. The first-order chi connectivity index (χ1) is 9.25. The van der Waals surface area contributed by atoms with Crippen molar-refractivity contribution in [1.29, 1.82) is 0 Å². The quantitative estimate of drug-likeness (QED) is 0.854. The largest absolute Gasteiger partial charge is 0.476 e. The highest BCUT2D eigenvalue weighted by Crippen LogP contribution is 2.24. The summed E-state index contributed by atoms with van der Waals surface area (Å²) < 4.78 is 5.30. The Kier molecular flexibility index (Phi) is 3.33. The van der Waals surface area contributed by atoms with Gasteiger partial charge in [0.25, 0.3) is 0 Å². The molecule has 0 amide bonds. The molecule has 1 aromatic heterocycles. The molecule has 19 heavy (non-hydrogen) atoms. The van der Waals surface area contributed by atoms with E-state index in [4.69, 9.17) is 4.74 Å². The van der Waals surface area contributed by atoms with Gasteiger partial charge in [0.2, 0.25) is 5.95 Å². The molecule has 2 aliphatic rings. The fourth-order valence-corrected chi connectivity index (χ4v) is 2.66. The van der Waals surface area contributed by atoms with Crippen LogP contribution in [0.2, 0.25) is 0 Å². The Hall–Kier alpha value is -1.69. The number of carboxylic acid groups (broad SMARTS) is 1. The second kappa shape index (κ2) is 5.13. The molecule has 3 rings (SSSR count). The number of hydrogen-bond donors (Lipinski definition) is 1. The predicted molar refractivity (Wildman–Crippen MR) is 68.7 cm³/mol. The summed E-state index contributed by atoms with van der Waals surface area (Å²) >= 11 is 0. The molecular formula is C13H17N3O3. The molecule has 2 heterocycles. The average molecular weight is 263 g/mol. The third kappa shape index (κ3) is 2.40. The number of rotatable bonds is 2. The maximum absolute atomic E-state index is 11.4. The van der Waals surface area contributed by atoms with Crippen molar-refractivity contribution in [3.63, 3.8) is 0 Å². The second-order valence-corrected chi connectivity index (χ2v) is 4.91. The van der Waals surface area contributed by atoms with Gasteiger partial charge in [-0.1, -0.05) is 0 Å². The molecule has 0 aromatic carbocycles. The van der Waals surface area contributed by atoms with Gasteiger partial charge >= 0.3 is 5.97 Å². The van der Waals surface area contributed by atoms with Crippen LogP contribution in [0.25, 0.3) is 0 Å². The summed E-state index contributed by atoms with van der Waals surface area (Å²) in [5.41, 5.74) is 1.93. The minimum Gasteiger partial charge on any atom is -0.476 e. The summed E-state index contributed by atoms with van der Waals surface area (Å²) in [7, 11) is 0. The number of fused-ring (bicyclic) bond motifs is 1. The van der Waals surface area contributed by atoms with Crippen LogP contribution in [0.3, 0.4) is 0 Å². The number of anilines is 1. The fourth-order valence-electron chi connectivity index (χ4n) is 2.66. The number of nitrogens with zero attached hydrogens (tertiary/aromatic N) is 3. The zero-order chi connectivity index (χ0) is 13.2. The summed E-state index contributed by atoms with van der Waals surface area (Å²) in [4.78, 5) is 22.2. The van der Waals surface area contributed by atoms with Crippen LogP contribution in [0, 0.1) is 0 Å². The predicted octanol–water partition coefficient (Wildman–Crippen LogP) is 0.890. The van der Waals surface area contributed by atoms with E-state index >= 15 is 0 Å². The van der Waals surface area contributed by atoms with E-state index in [0.717, 1.165) is 50.0 Å². The monoisotopic (exact) mass is 263 g/mol. The van der Waals surface area contributed by atoms with Crippen molar-refractivity contribution in [2.75, 3.05) is 31.2 Å². The molecule has 1 aliphatic heterocycles. The molecular weight excluding hydrogens is 246 g/mol. The first-order valence-corrected chi connectivity index (χ1v) is 6.71. The van der Waals surface area contributed by atoms with Crippen molar-refractivity contribution < 1.29 is 14.6 Å². The fraction of sp³-hybridized carbons (Fsp3) is 0.615. The molecule has 1 aliphatic carbocycles. The molecule has 0 saturated carbocycles. The molecule has 0 spiro atoms. The highest BCUT2D eigenvalue weighted by Gasteiger charge is 2.24. The molecule has 6 heteroatoms. The summed E-state index contributed by atoms with van der Waals surface area (Å²) in [6.45, 7) is 2.72. The Morgan fingerprint density at radius 1 is 1.16 bits per heavy atom. The Morgan fingerprint density at radius 3 is 2.63 bits per heavy atom. The number of aromatic carboxylic acids is 1. The van der Waals surface area contributed by atoms with E-state index in [1.165, 1.54) is 0 Å². The minimum atomic E-state index is -0.949. The maximum atomic E-state index is 11.4. The minimum absolute atomic E-state index is 0.186. The van der Waals surface area contributed by atoms with Crippen molar-refractivity contribution >= 4 is 11.9 Å². The SMILES string of the molecule is O=C(O)c1nc(N2CCOCC2)nc2c1CCCC2. The van der Waals surface area contributed by atoms with Gasteiger partial charge in [0, 0.05) is 18.7 Å². The Morgan fingerprint density at radius 2 is 1.89 bits per heavy atom. The third-order valence-corrected chi connectivity index (χ3v) is 3.67. The standard InChI is InChI=1S/C13H17N3O3/c17-12(18)11-9-3-1-2-4-10(9)14-13(15-11)16-5-7-19-8-6-16/h1-8H2,(H,17,18). The van der Waals surface area contributed by atoms with Crippen molar-refractivity contribution in [3.05, 3.63) is 17.0 Å². The third-order valence-electron chi connectivity index (χ3n) is 3.67. The van der Waals surface area contributed by atoms with E-state index in [2.05, 4.69) is 9.97 Å². The van der Waals surface area contributed by atoms with E-state index in [-0.39, 0.29) is 5.69 Å². The van der Waals surface area contributed by atoms with Crippen molar-refractivity contribution in [2.24, 2.45) is 0 Å². The maximum Gasteiger partial charge on any atom is 0.354 e. The van der Waals surface area contributed by atoms with Crippen LogP contribution >= 0.6 is 0 Å². The molecule has 0 bridgehead atoms. The summed E-state index contributed by atoms with van der Waals surface area (Å²) in [5, 5.41) is 9.33. The highest BCUT2D eigenvalue weighted by atomic mass is 16.5. The lowest BCUT2D eigenvalue weighted by molar-refractivity contribution is 0.0688. The lowest BCUT2D eigenvalue weighted by Gasteiger charge is -2.28. The van der Waals surface area contributed by atoms with E-state index in [0.29, 0.717) is 19.2 Å². The van der Waals surface area contributed by atoms with E-state index < -0.39 is 5.97 Å². The Labute approximate surface area is 111 Å². The summed E-state index contributed by atoms with van der Waals surface area (Å²) in [5.74, 6) is -0.406. The molecule has 1 aromatic rings. The Bertz CT molecular complexity index is 498. The molecule has 0 atom stereocenters. The average Bonchev–Trinajstić information content (AvgIpc) is 2.47. The van der Waals surface area contributed by atoms with Crippen LogP contribution in [-0.2, 0) is 17.6 Å². The number of hydrogen-bond acceptors (Lipinski definition) is 5. The number of ether oxygens (including phenoxy) is 1. The van der Waals surface area contributed by atoms with Crippen molar-refractivity contribution in [2.45, 2.75) is 25.7 Å². The second-order valence-electron chi connectivity index (χ2n) is 4.91. The van der Waals surface area contributed by atoms with Crippen molar-refractivity contribution in [3.8, 4) is 0 Å². The van der Waals surface area contributed by atoms with Crippen molar-refractivity contribution in [1.82, 2.24) is 9.97 Å². The number of aryl methyl sites for hydroxylation is 1. The van der Waals surface area contributed by atoms with Crippen LogP contribution in [0.15, 0.2) is 0 Å². The van der Waals surface area contributed by atoms with Gasteiger partial charge in [-0.2, -0.15) is 0 Å². The molecule has 1 fully saturated rings. The van der Waals surface area contributed by atoms with Gasteiger partial charge in [0.1, 0.15) is 0 Å². The van der Waals surface area contributed by atoms with Crippen LogP contribution in [0.5, 0.6) is 0 Å². The number of morpholine rings is 1. The van der Waals surface area contributed by atoms with Crippen LogP contribution in [0.4, 0.5) is 5.95 Å². The first kappa shape index (κ1) is 12.3. The Balaban J connectivity index is 2.00. The van der Waals surface area contributed by atoms with Crippen LogP contribution in [0.1, 0.15) is 34.6 Å². The molecule has 0 radical (unpaired) electrons. The molecule has 1 N–H and O–H groups in total. The van der Waals surface area contributed by atoms with Gasteiger partial charge in [-0.25, -0.2) is 14.8 Å². The van der Waals surface area contributed by atoms with Gasteiger partial charge < -0.3 is 14.7 Å². The van der Waals surface area contributed by atoms with Gasteiger partial charge in [-0.05, 0) is 25.7 Å². The van der Waals surface area contributed by atoms with Crippen LogP contribution < -0.4 is 4.90 Å². The normalized spacial score (nSPS) is 19.1. The van der Waals surface area contributed by atoms with Gasteiger partial charge in [-0.15, -0.1) is 0 Å². The number of carboxylic acids is 1.